The Balaban J connectivity index is 1.19. The average Bonchev–Trinajstić information content (AvgIpc) is 3.53. The molecule has 2 N–H and O–H groups in total. The Bertz CT molecular complexity index is 1520. The maximum Gasteiger partial charge on any atom is 0.323 e. The molecule has 0 saturated heterocycles. The van der Waals surface area contributed by atoms with Crippen molar-refractivity contribution in [2.75, 3.05) is 10.6 Å². The number of urea groups is 1. The molecule has 36 heavy (non-hydrogen) atoms. The number of carbonyl (C=O) groups is 1. The number of anilines is 2. The fraction of sp³-hybridized carbons (Fsp3) is 0.143. The Morgan fingerprint density at radius 2 is 1.69 bits per heavy atom. The van der Waals surface area contributed by atoms with Crippen LogP contribution in [-0.2, 0) is 6.54 Å². The van der Waals surface area contributed by atoms with Gasteiger partial charge in [-0.3, -0.25) is 0 Å². The molecule has 0 bridgehead atoms. The molecule has 0 atom stereocenters. The number of rotatable bonds is 6. The Morgan fingerprint density at radius 3 is 2.47 bits per heavy atom. The number of aromatic nitrogens is 4. The van der Waals surface area contributed by atoms with E-state index in [4.69, 9.17) is 4.52 Å². The molecular formula is C28H26N6O2. The second-order valence-corrected chi connectivity index (χ2v) is 8.80. The summed E-state index contributed by atoms with van der Waals surface area (Å²) in [7, 11) is 0. The minimum atomic E-state index is -0.283. The van der Waals surface area contributed by atoms with Gasteiger partial charge in [-0.2, -0.15) is 4.98 Å². The second kappa shape index (κ2) is 9.87. The molecule has 3 aromatic carbocycles. The van der Waals surface area contributed by atoms with Gasteiger partial charge in [-0.15, -0.1) is 0 Å². The van der Waals surface area contributed by atoms with Gasteiger partial charge in [0.05, 0.1) is 6.33 Å². The molecule has 2 amide bonds. The van der Waals surface area contributed by atoms with Gasteiger partial charge in [-0.25, -0.2) is 9.78 Å². The van der Waals surface area contributed by atoms with E-state index in [0.717, 1.165) is 27.9 Å². The fourth-order valence-corrected chi connectivity index (χ4v) is 3.80. The quantitative estimate of drug-likeness (QED) is 0.302. The fourth-order valence-electron chi connectivity index (χ4n) is 3.80. The summed E-state index contributed by atoms with van der Waals surface area (Å²) in [5, 5.41) is 9.82. The van der Waals surface area contributed by atoms with E-state index >= 15 is 0 Å². The summed E-state index contributed by atoms with van der Waals surface area (Å²) in [6, 6.07) is 21.2. The highest BCUT2D eigenvalue weighted by atomic mass is 16.5. The lowest BCUT2D eigenvalue weighted by Crippen LogP contribution is -2.19. The Morgan fingerprint density at radius 1 is 0.917 bits per heavy atom. The molecule has 8 nitrogen and oxygen atoms in total. The smallest absolute Gasteiger partial charge is 0.323 e. The first-order valence-electron chi connectivity index (χ1n) is 11.6. The molecular weight excluding hydrogens is 452 g/mol. The summed E-state index contributed by atoms with van der Waals surface area (Å²) in [5.41, 5.74) is 7.49. The van der Waals surface area contributed by atoms with Gasteiger partial charge in [0.2, 0.25) is 5.82 Å². The molecule has 0 saturated carbocycles. The summed E-state index contributed by atoms with van der Waals surface area (Å²) < 4.78 is 7.38. The third kappa shape index (κ3) is 5.33. The number of nitrogens with one attached hydrogen (secondary N) is 2. The first-order valence-corrected chi connectivity index (χ1v) is 11.6. The minimum absolute atomic E-state index is 0.283. The highest BCUT2D eigenvalue weighted by Gasteiger charge is 2.13. The monoisotopic (exact) mass is 478 g/mol. The Labute approximate surface area is 209 Å². The molecule has 0 fully saturated rings. The zero-order valence-electron chi connectivity index (χ0n) is 20.3. The van der Waals surface area contributed by atoms with E-state index in [1.807, 2.05) is 98.3 Å². The molecule has 180 valence electrons. The second-order valence-electron chi connectivity index (χ2n) is 8.80. The van der Waals surface area contributed by atoms with E-state index in [1.54, 1.807) is 6.33 Å². The molecule has 2 heterocycles. The lowest BCUT2D eigenvalue weighted by molar-refractivity contribution is 0.262. The minimum Gasteiger partial charge on any atom is -0.332 e. The van der Waals surface area contributed by atoms with Gasteiger partial charge in [0, 0.05) is 29.7 Å². The van der Waals surface area contributed by atoms with Crippen LogP contribution in [0.5, 0.6) is 0 Å². The lowest BCUT2D eigenvalue weighted by Gasteiger charge is -2.10. The molecule has 0 radical (unpaired) electrons. The zero-order chi connectivity index (χ0) is 25.1. The number of imidazole rings is 1. The number of carbonyl (C=O) groups excluding carboxylic acids is 1. The van der Waals surface area contributed by atoms with Gasteiger partial charge < -0.3 is 19.7 Å². The van der Waals surface area contributed by atoms with Gasteiger partial charge in [-0.05, 0) is 67.8 Å². The Hall–Kier alpha value is -4.72. The SMILES string of the molecule is Cc1cccc(-c2noc(-c3cn(Cc4ccc(NC(=O)Nc5ccc(C)c(C)c5)cc4)cn3)n2)c1. The molecule has 0 aliphatic carbocycles. The molecule has 0 spiro atoms. The maximum absolute atomic E-state index is 12.3. The lowest BCUT2D eigenvalue weighted by atomic mass is 10.1. The standard InChI is InChI=1S/C28H26N6O2/c1-18-5-4-6-22(13-18)26-32-27(36-33-26)25-16-34(17-29-25)15-21-8-11-23(12-9-21)30-28(35)31-24-10-7-19(2)20(3)14-24/h4-14,16-17H,15H2,1-3H3,(H2,30,31,35). The molecule has 0 unspecified atom stereocenters. The average molecular weight is 479 g/mol. The molecule has 2 aromatic heterocycles. The van der Waals surface area contributed by atoms with Gasteiger partial charge in [0.1, 0.15) is 5.69 Å². The summed E-state index contributed by atoms with van der Waals surface area (Å²) >= 11 is 0. The van der Waals surface area contributed by atoms with Gasteiger partial charge >= 0.3 is 6.03 Å². The van der Waals surface area contributed by atoms with Crippen molar-refractivity contribution >= 4 is 17.4 Å². The van der Waals surface area contributed by atoms with Gasteiger partial charge in [0.25, 0.3) is 5.89 Å². The molecule has 8 heteroatoms. The largest absolute Gasteiger partial charge is 0.332 e. The Kier molecular flexibility index (Phi) is 6.32. The van der Waals surface area contributed by atoms with Crippen LogP contribution in [0.15, 0.2) is 83.8 Å². The normalized spacial score (nSPS) is 10.9. The first-order chi connectivity index (χ1) is 17.4. The first kappa shape index (κ1) is 23.0. The van der Waals surface area contributed by atoms with Crippen molar-refractivity contribution in [3.8, 4) is 23.0 Å². The van der Waals surface area contributed by atoms with E-state index in [0.29, 0.717) is 29.6 Å². The van der Waals surface area contributed by atoms with E-state index < -0.39 is 0 Å². The van der Waals surface area contributed by atoms with Crippen LogP contribution < -0.4 is 10.6 Å². The van der Waals surface area contributed by atoms with Crippen LogP contribution in [0, 0.1) is 20.8 Å². The molecule has 0 aliphatic heterocycles. The van der Waals surface area contributed by atoms with E-state index in [-0.39, 0.29) is 6.03 Å². The number of benzene rings is 3. The van der Waals surface area contributed by atoms with E-state index in [1.165, 1.54) is 5.56 Å². The third-order valence-corrected chi connectivity index (χ3v) is 5.90. The zero-order valence-corrected chi connectivity index (χ0v) is 20.3. The van der Waals surface area contributed by atoms with Crippen LogP contribution in [-0.4, -0.2) is 25.7 Å². The van der Waals surface area contributed by atoms with Crippen molar-refractivity contribution in [1.29, 1.82) is 0 Å². The predicted octanol–water partition coefficient (Wildman–Crippen LogP) is 6.22. The maximum atomic E-state index is 12.3. The number of nitrogens with zero attached hydrogens (tertiary/aromatic N) is 4. The van der Waals surface area contributed by atoms with E-state index in [2.05, 4.69) is 25.8 Å². The predicted molar refractivity (Wildman–Crippen MR) is 140 cm³/mol. The van der Waals surface area contributed by atoms with Crippen molar-refractivity contribution < 1.29 is 9.32 Å². The summed E-state index contributed by atoms with van der Waals surface area (Å²) in [4.78, 5) is 21.3. The number of hydrogen-bond donors (Lipinski definition) is 2. The van der Waals surface area contributed by atoms with Crippen LogP contribution >= 0.6 is 0 Å². The van der Waals surface area contributed by atoms with Crippen molar-refractivity contribution in [3.05, 3.63) is 102 Å². The summed E-state index contributed by atoms with van der Waals surface area (Å²) in [6.45, 7) is 6.70. The highest BCUT2D eigenvalue weighted by molar-refractivity contribution is 5.99. The van der Waals surface area contributed by atoms with Gasteiger partial charge in [0.15, 0.2) is 0 Å². The van der Waals surface area contributed by atoms with Crippen molar-refractivity contribution in [3.63, 3.8) is 0 Å². The van der Waals surface area contributed by atoms with E-state index in [9.17, 15) is 4.79 Å². The number of aryl methyl sites for hydroxylation is 3. The molecule has 5 rings (SSSR count). The van der Waals surface area contributed by atoms with Crippen LogP contribution in [0.2, 0.25) is 0 Å². The van der Waals surface area contributed by atoms with Gasteiger partial charge in [-0.1, -0.05) is 47.1 Å². The van der Waals surface area contributed by atoms with Crippen LogP contribution in [0.3, 0.4) is 0 Å². The van der Waals surface area contributed by atoms with Crippen molar-refractivity contribution in [2.24, 2.45) is 0 Å². The number of amides is 2. The van der Waals surface area contributed by atoms with Crippen LogP contribution in [0.4, 0.5) is 16.2 Å². The summed E-state index contributed by atoms with van der Waals surface area (Å²) in [5.74, 6) is 0.910. The van der Waals surface area contributed by atoms with Crippen molar-refractivity contribution in [1.82, 2.24) is 19.7 Å². The number of hydrogen-bond acceptors (Lipinski definition) is 5. The molecule has 0 aliphatic rings. The molecule has 5 aromatic rings. The summed E-state index contributed by atoms with van der Waals surface area (Å²) in [6.07, 6.45) is 3.60. The third-order valence-electron chi connectivity index (χ3n) is 5.90. The topological polar surface area (TPSA) is 97.9 Å². The highest BCUT2D eigenvalue weighted by Crippen LogP contribution is 2.22. The van der Waals surface area contributed by atoms with Crippen LogP contribution in [0.1, 0.15) is 22.3 Å². The van der Waals surface area contributed by atoms with Crippen LogP contribution in [0.25, 0.3) is 23.0 Å². The van der Waals surface area contributed by atoms with Crippen molar-refractivity contribution in [2.45, 2.75) is 27.3 Å².